The third-order valence-electron chi connectivity index (χ3n) is 3.06. The Hall–Kier alpha value is -0.640. The number of nitrogens with zero attached hydrogens (tertiary/aromatic N) is 4. The lowest BCUT2D eigenvalue weighted by atomic mass is 10.2. The number of hydrogen-bond acceptors (Lipinski definition) is 6. The van der Waals surface area contributed by atoms with Crippen LogP contribution in [-0.4, -0.2) is 38.6 Å². The average molecular weight is 479 g/mol. The molecule has 1 aromatic heterocycles. The largest absolute Gasteiger partial charge is 0.489 e. The maximum absolute atomic E-state index is 5.93. The van der Waals surface area contributed by atoms with Gasteiger partial charge in [0.25, 0.3) is 0 Å². The van der Waals surface area contributed by atoms with Crippen molar-refractivity contribution < 1.29 is 4.74 Å². The van der Waals surface area contributed by atoms with Crippen LogP contribution in [-0.2, 0) is 13.6 Å². The lowest BCUT2D eigenvalue weighted by Gasteiger charge is -2.17. The second-order valence-electron chi connectivity index (χ2n) is 5.51. The summed E-state index contributed by atoms with van der Waals surface area (Å²) in [5.41, 5.74) is 1.13. The summed E-state index contributed by atoms with van der Waals surface area (Å²) in [5.74, 6) is 1.87. The predicted octanol–water partition coefficient (Wildman–Crippen LogP) is 3.79. The van der Waals surface area contributed by atoms with Crippen molar-refractivity contribution in [1.29, 1.82) is 0 Å². The lowest BCUT2D eigenvalue weighted by molar-refractivity contribution is 0.238. The van der Waals surface area contributed by atoms with Gasteiger partial charge in [0.2, 0.25) is 5.16 Å². The van der Waals surface area contributed by atoms with Crippen LogP contribution in [0.25, 0.3) is 0 Å². The molecule has 24 heavy (non-hydrogen) atoms. The molecule has 0 saturated carbocycles. The van der Waals surface area contributed by atoms with Gasteiger partial charge >= 0.3 is 0 Å². The molecule has 1 N–H and O–H groups in total. The molecule has 132 valence electrons. The molecule has 1 aromatic carbocycles. The molecule has 0 unspecified atom stereocenters. The van der Waals surface area contributed by atoms with E-state index in [2.05, 4.69) is 58.8 Å². The molecule has 0 amide bonds. The predicted molar refractivity (Wildman–Crippen MR) is 103 cm³/mol. The fourth-order valence-electron chi connectivity index (χ4n) is 2.04. The maximum Gasteiger partial charge on any atom is 0.209 e. The SMILES string of the molecule is CC(C)Oc1c(Br)cc(Br)cc1CNCCCSc1nnnn1C. The van der Waals surface area contributed by atoms with E-state index >= 15 is 0 Å². The van der Waals surface area contributed by atoms with Crippen LogP contribution in [0.2, 0.25) is 0 Å². The first-order chi connectivity index (χ1) is 11.5. The van der Waals surface area contributed by atoms with Crippen molar-refractivity contribution >= 4 is 43.6 Å². The van der Waals surface area contributed by atoms with Crippen LogP contribution in [0, 0.1) is 0 Å². The van der Waals surface area contributed by atoms with Crippen molar-refractivity contribution in [1.82, 2.24) is 25.5 Å². The van der Waals surface area contributed by atoms with E-state index in [1.165, 1.54) is 0 Å². The Morgan fingerprint density at radius 1 is 1.33 bits per heavy atom. The summed E-state index contributed by atoms with van der Waals surface area (Å²) in [7, 11) is 1.85. The minimum absolute atomic E-state index is 0.137. The molecule has 1 heterocycles. The Morgan fingerprint density at radius 3 is 2.79 bits per heavy atom. The number of tetrazole rings is 1. The smallest absolute Gasteiger partial charge is 0.209 e. The van der Waals surface area contributed by atoms with Crippen LogP contribution in [0.4, 0.5) is 0 Å². The van der Waals surface area contributed by atoms with Crippen LogP contribution < -0.4 is 10.1 Å². The van der Waals surface area contributed by atoms with Crippen molar-refractivity contribution in [3.63, 3.8) is 0 Å². The van der Waals surface area contributed by atoms with E-state index in [0.717, 1.165) is 50.7 Å². The van der Waals surface area contributed by atoms with E-state index < -0.39 is 0 Å². The Bertz CT molecular complexity index is 665. The quantitative estimate of drug-likeness (QED) is 0.436. The zero-order chi connectivity index (χ0) is 17.5. The minimum Gasteiger partial charge on any atom is -0.489 e. The molecule has 0 spiro atoms. The molecule has 6 nitrogen and oxygen atoms in total. The van der Waals surface area contributed by atoms with Gasteiger partial charge in [-0.05, 0) is 65.3 Å². The zero-order valence-corrected chi connectivity index (χ0v) is 17.9. The molecule has 0 fully saturated rings. The highest BCUT2D eigenvalue weighted by Crippen LogP contribution is 2.33. The fraction of sp³-hybridized carbons (Fsp3) is 0.533. The summed E-state index contributed by atoms with van der Waals surface area (Å²) in [6.45, 7) is 5.74. The topological polar surface area (TPSA) is 64.9 Å². The molecule has 0 aliphatic heterocycles. The first-order valence-electron chi connectivity index (χ1n) is 7.68. The first-order valence-corrected chi connectivity index (χ1v) is 10.2. The van der Waals surface area contributed by atoms with Gasteiger partial charge in [0, 0.05) is 29.4 Å². The molecule has 0 atom stereocenters. The van der Waals surface area contributed by atoms with Gasteiger partial charge in [-0.25, -0.2) is 4.68 Å². The fourth-order valence-corrected chi connectivity index (χ4v) is 4.24. The first kappa shape index (κ1) is 19.7. The molecular weight excluding hydrogens is 458 g/mol. The van der Waals surface area contributed by atoms with Crippen LogP contribution in [0.15, 0.2) is 26.2 Å². The normalized spacial score (nSPS) is 11.2. The Balaban J connectivity index is 1.80. The van der Waals surface area contributed by atoms with E-state index in [-0.39, 0.29) is 6.10 Å². The van der Waals surface area contributed by atoms with Gasteiger partial charge < -0.3 is 10.1 Å². The number of halogens is 2. The summed E-state index contributed by atoms with van der Waals surface area (Å²) < 4.78 is 9.62. The van der Waals surface area contributed by atoms with Gasteiger partial charge in [0.1, 0.15) is 5.75 Å². The van der Waals surface area contributed by atoms with E-state index in [9.17, 15) is 0 Å². The Kier molecular flexibility index (Phi) is 7.99. The van der Waals surface area contributed by atoms with Crippen LogP contribution >= 0.6 is 43.6 Å². The summed E-state index contributed by atoms with van der Waals surface area (Å²) >= 11 is 8.78. The highest BCUT2D eigenvalue weighted by molar-refractivity contribution is 9.11. The van der Waals surface area contributed by atoms with Crippen LogP contribution in [0.1, 0.15) is 25.8 Å². The number of rotatable bonds is 9. The molecule has 0 radical (unpaired) electrons. The second-order valence-corrected chi connectivity index (χ2v) is 8.34. The van der Waals surface area contributed by atoms with Crippen molar-refractivity contribution in [2.24, 2.45) is 7.05 Å². The zero-order valence-electron chi connectivity index (χ0n) is 13.9. The van der Waals surface area contributed by atoms with Gasteiger partial charge in [0.15, 0.2) is 0 Å². The molecule has 2 rings (SSSR count). The van der Waals surface area contributed by atoms with Crippen molar-refractivity contribution in [3.05, 3.63) is 26.6 Å². The number of aromatic nitrogens is 4. The summed E-state index contributed by atoms with van der Waals surface area (Å²) in [6, 6.07) is 4.10. The van der Waals surface area contributed by atoms with E-state index in [4.69, 9.17) is 4.74 Å². The van der Waals surface area contributed by atoms with Crippen LogP contribution in [0.5, 0.6) is 5.75 Å². The molecule has 0 aliphatic rings. The number of nitrogens with one attached hydrogen (secondary N) is 1. The average Bonchev–Trinajstić information content (AvgIpc) is 2.91. The monoisotopic (exact) mass is 477 g/mol. The maximum atomic E-state index is 5.93. The minimum atomic E-state index is 0.137. The molecule has 2 aromatic rings. The Labute approximate surface area is 163 Å². The van der Waals surface area contributed by atoms with Gasteiger partial charge in [-0.1, -0.05) is 27.7 Å². The second kappa shape index (κ2) is 9.74. The van der Waals surface area contributed by atoms with E-state index in [1.54, 1.807) is 16.4 Å². The van der Waals surface area contributed by atoms with Gasteiger partial charge in [-0.3, -0.25) is 0 Å². The van der Waals surface area contributed by atoms with Crippen molar-refractivity contribution in [2.45, 2.75) is 38.1 Å². The highest BCUT2D eigenvalue weighted by Gasteiger charge is 2.11. The summed E-state index contributed by atoms with van der Waals surface area (Å²) in [5, 5.41) is 15.7. The van der Waals surface area contributed by atoms with E-state index in [0.29, 0.717) is 0 Å². The summed E-state index contributed by atoms with van der Waals surface area (Å²) in [6.07, 6.45) is 1.17. The number of benzene rings is 1. The van der Waals surface area contributed by atoms with Gasteiger partial charge in [-0.15, -0.1) is 5.10 Å². The molecule has 0 aliphatic carbocycles. The molecule has 0 bridgehead atoms. The van der Waals surface area contributed by atoms with Gasteiger partial charge in [-0.2, -0.15) is 0 Å². The Morgan fingerprint density at radius 2 is 2.12 bits per heavy atom. The standard InChI is InChI=1S/C15H21Br2N5OS/c1-10(2)23-14-11(7-12(16)8-13(14)17)9-18-5-4-6-24-15-19-20-21-22(15)3/h7-8,10,18H,4-6,9H2,1-3H3. The van der Waals surface area contributed by atoms with Crippen molar-refractivity contribution in [3.8, 4) is 5.75 Å². The number of ether oxygens (including phenoxy) is 1. The highest BCUT2D eigenvalue weighted by atomic mass is 79.9. The van der Waals surface area contributed by atoms with E-state index in [1.807, 2.05) is 27.0 Å². The third-order valence-corrected chi connectivity index (χ3v) is 5.21. The molecule has 0 saturated heterocycles. The number of thioether (sulfide) groups is 1. The molecule has 9 heteroatoms. The number of hydrogen-bond donors (Lipinski definition) is 1. The van der Waals surface area contributed by atoms with Crippen LogP contribution in [0.3, 0.4) is 0 Å². The number of aryl methyl sites for hydroxylation is 1. The summed E-state index contributed by atoms with van der Waals surface area (Å²) in [4.78, 5) is 0. The molecular formula is C15H21Br2N5OS. The van der Waals surface area contributed by atoms with Crippen molar-refractivity contribution in [2.75, 3.05) is 12.3 Å². The third kappa shape index (κ3) is 6.02. The van der Waals surface area contributed by atoms with Gasteiger partial charge in [0.05, 0.1) is 10.6 Å². The lowest BCUT2D eigenvalue weighted by Crippen LogP contribution is -2.17.